The van der Waals surface area contributed by atoms with Gasteiger partial charge in [-0.05, 0) is 47.7 Å². The largest absolute Gasteiger partial charge is 0.353 e. The van der Waals surface area contributed by atoms with Crippen LogP contribution in [0.3, 0.4) is 0 Å². The third-order valence-corrected chi connectivity index (χ3v) is 4.21. The topological polar surface area (TPSA) is 42.2 Å². The van der Waals surface area contributed by atoms with Crippen LogP contribution in [0.1, 0.15) is 32.3 Å². The quantitative estimate of drug-likeness (QED) is 0.913. The Kier molecular flexibility index (Phi) is 4.05. The maximum atomic E-state index is 5.82. The van der Waals surface area contributed by atoms with E-state index in [1.165, 1.54) is 12.8 Å². The molecule has 0 aliphatic carbocycles. The Morgan fingerprint density at radius 1 is 1.53 bits per heavy atom. The average molecular weight is 298 g/mol. The van der Waals surface area contributed by atoms with E-state index >= 15 is 0 Å². The molecule has 0 spiro atoms. The maximum absolute atomic E-state index is 5.82. The van der Waals surface area contributed by atoms with Crippen molar-refractivity contribution in [3.05, 3.63) is 22.3 Å². The Balaban J connectivity index is 2.32. The van der Waals surface area contributed by atoms with Crippen LogP contribution in [0.15, 0.2) is 16.7 Å². The first kappa shape index (κ1) is 12.8. The number of aromatic nitrogens is 1. The molecule has 0 amide bonds. The van der Waals surface area contributed by atoms with Crippen molar-refractivity contribution in [2.24, 2.45) is 11.7 Å². The van der Waals surface area contributed by atoms with E-state index in [-0.39, 0.29) is 0 Å². The smallest absolute Gasteiger partial charge is 0.133 e. The number of pyridine rings is 1. The number of hydrogen-bond acceptors (Lipinski definition) is 3. The van der Waals surface area contributed by atoms with Gasteiger partial charge in [-0.2, -0.15) is 0 Å². The van der Waals surface area contributed by atoms with Crippen molar-refractivity contribution in [3.63, 3.8) is 0 Å². The SMILES string of the molecule is CC1CCCN(c2ncc(Br)cc2CN)C1C. The van der Waals surface area contributed by atoms with Gasteiger partial charge in [0.25, 0.3) is 0 Å². The Morgan fingerprint density at radius 2 is 2.29 bits per heavy atom. The first-order valence-corrected chi connectivity index (χ1v) is 7.04. The van der Waals surface area contributed by atoms with Crippen LogP contribution in [0.4, 0.5) is 5.82 Å². The molecule has 94 valence electrons. The van der Waals surface area contributed by atoms with E-state index < -0.39 is 0 Å². The van der Waals surface area contributed by atoms with Crippen molar-refractivity contribution in [2.75, 3.05) is 11.4 Å². The van der Waals surface area contributed by atoms with E-state index in [0.717, 1.165) is 28.3 Å². The average Bonchev–Trinajstić information content (AvgIpc) is 2.33. The van der Waals surface area contributed by atoms with Crippen LogP contribution >= 0.6 is 15.9 Å². The second kappa shape index (κ2) is 5.36. The summed E-state index contributed by atoms with van der Waals surface area (Å²) >= 11 is 3.45. The van der Waals surface area contributed by atoms with Crippen LogP contribution in [-0.4, -0.2) is 17.6 Å². The molecule has 2 N–H and O–H groups in total. The van der Waals surface area contributed by atoms with Gasteiger partial charge in [-0.25, -0.2) is 4.98 Å². The molecule has 1 fully saturated rings. The van der Waals surface area contributed by atoms with Gasteiger partial charge in [0, 0.05) is 35.4 Å². The van der Waals surface area contributed by atoms with E-state index in [0.29, 0.717) is 12.6 Å². The van der Waals surface area contributed by atoms with Gasteiger partial charge in [0.05, 0.1) is 0 Å². The highest BCUT2D eigenvalue weighted by atomic mass is 79.9. The molecule has 2 atom stereocenters. The van der Waals surface area contributed by atoms with Gasteiger partial charge in [0.2, 0.25) is 0 Å². The summed E-state index contributed by atoms with van der Waals surface area (Å²) < 4.78 is 0.999. The molecule has 2 heterocycles. The summed E-state index contributed by atoms with van der Waals surface area (Å²) in [5.74, 6) is 1.79. The minimum absolute atomic E-state index is 0.541. The molecule has 1 aliphatic heterocycles. The summed E-state index contributed by atoms with van der Waals surface area (Å²) in [6.45, 7) is 6.23. The predicted molar refractivity (Wildman–Crippen MR) is 75.0 cm³/mol. The van der Waals surface area contributed by atoms with Crippen molar-refractivity contribution in [1.82, 2.24) is 4.98 Å². The van der Waals surface area contributed by atoms with Crippen LogP contribution in [0.25, 0.3) is 0 Å². The number of nitrogens with zero attached hydrogens (tertiary/aromatic N) is 2. The highest BCUT2D eigenvalue weighted by Crippen LogP contribution is 2.30. The molecular weight excluding hydrogens is 278 g/mol. The fraction of sp³-hybridized carbons (Fsp3) is 0.615. The predicted octanol–water partition coefficient (Wildman–Crippen LogP) is 2.93. The molecule has 1 aromatic heterocycles. The molecule has 4 heteroatoms. The molecular formula is C13H20BrN3. The normalized spacial score (nSPS) is 25.1. The molecule has 2 rings (SSSR count). The lowest BCUT2D eigenvalue weighted by Gasteiger charge is -2.39. The number of anilines is 1. The first-order chi connectivity index (χ1) is 8.13. The van der Waals surface area contributed by atoms with Gasteiger partial charge in [0.15, 0.2) is 0 Å². The Bertz CT molecular complexity index is 394. The highest BCUT2D eigenvalue weighted by molar-refractivity contribution is 9.10. The van der Waals surface area contributed by atoms with E-state index in [1.54, 1.807) is 0 Å². The molecule has 0 aromatic carbocycles. The lowest BCUT2D eigenvalue weighted by molar-refractivity contribution is 0.361. The van der Waals surface area contributed by atoms with Gasteiger partial charge < -0.3 is 10.6 Å². The summed E-state index contributed by atoms with van der Waals surface area (Å²) in [6, 6.07) is 2.62. The summed E-state index contributed by atoms with van der Waals surface area (Å²) in [5.41, 5.74) is 6.94. The molecule has 1 aliphatic rings. The monoisotopic (exact) mass is 297 g/mol. The summed E-state index contributed by atoms with van der Waals surface area (Å²) in [7, 11) is 0. The third kappa shape index (κ3) is 2.63. The van der Waals surface area contributed by atoms with Crippen molar-refractivity contribution in [2.45, 2.75) is 39.3 Å². The van der Waals surface area contributed by atoms with E-state index in [9.17, 15) is 0 Å². The molecule has 0 saturated carbocycles. The maximum Gasteiger partial charge on any atom is 0.133 e. The lowest BCUT2D eigenvalue weighted by Crippen LogP contribution is -2.43. The molecule has 0 bridgehead atoms. The first-order valence-electron chi connectivity index (χ1n) is 6.24. The third-order valence-electron chi connectivity index (χ3n) is 3.78. The van der Waals surface area contributed by atoms with Gasteiger partial charge in [-0.15, -0.1) is 0 Å². The summed E-state index contributed by atoms with van der Waals surface area (Å²) in [6.07, 6.45) is 4.42. The van der Waals surface area contributed by atoms with Crippen LogP contribution in [0, 0.1) is 5.92 Å². The van der Waals surface area contributed by atoms with Crippen LogP contribution < -0.4 is 10.6 Å². The number of rotatable bonds is 2. The van der Waals surface area contributed by atoms with Crippen LogP contribution in [0.2, 0.25) is 0 Å². The van der Waals surface area contributed by atoms with Crippen molar-refractivity contribution in [1.29, 1.82) is 0 Å². The fourth-order valence-electron chi connectivity index (χ4n) is 2.52. The van der Waals surface area contributed by atoms with E-state index in [4.69, 9.17) is 5.73 Å². The number of hydrogen-bond donors (Lipinski definition) is 1. The van der Waals surface area contributed by atoms with E-state index in [1.807, 2.05) is 6.20 Å². The zero-order chi connectivity index (χ0) is 12.4. The standard InChI is InChI=1S/C13H20BrN3/c1-9-4-3-5-17(10(9)2)13-11(7-15)6-12(14)8-16-13/h6,8-10H,3-5,7,15H2,1-2H3. The summed E-state index contributed by atoms with van der Waals surface area (Å²) in [5, 5.41) is 0. The fourth-order valence-corrected chi connectivity index (χ4v) is 2.90. The second-order valence-corrected chi connectivity index (χ2v) is 5.81. The Hall–Kier alpha value is -0.610. The zero-order valence-corrected chi connectivity index (χ0v) is 12.1. The van der Waals surface area contributed by atoms with Gasteiger partial charge in [0.1, 0.15) is 5.82 Å². The Morgan fingerprint density at radius 3 is 3.00 bits per heavy atom. The molecule has 3 nitrogen and oxygen atoms in total. The van der Waals surface area contributed by atoms with Gasteiger partial charge in [-0.3, -0.25) is 0 Å². The molecule has 1 aromatic rings. The van der Waals surface area contributed by atoms with Crippen molar-refractivity contribution in [3.8, 4) is 0 Å². The van der Waals surface area contributed by atoms with E-state index in [2.05, 4.69) is 45.7 Å². The molecule has 1 saturated heterocycles. The second-order valence-electron chi connectivity index (χ2n) is 4.89. The highest BCUT2D eigenvalue weighted by Gasteiger charge is 2.26. The minimum atomic E-state index is 0.541. The van der Waals surface area contributed by atoms with Crippen LogP contribution in [-0.2, 0) is 6.54 Å². The minimum Gasteiger partial charge on any atom is -0.353 e. The summed E-state index contributed by atoms with van der Waals surface area (Å²) in [4.78, 5) is 6.96. The number of piperidine rings is 1. The van der Waals surface area contributed by atoms with Crippen molar-refractivity contribution >= 4 is 21.7 Å². The van der Waals surface area contributed by atoms with Crippen molar-refractivity contribution < 1.29 is 0 Å². The Labute approximate surface area is 112 Å². The molecule has 17 heavy (non-hydrogen) atoms. The number of halogens is 1. The molecule has 0 radical (unpaired) electrons. The zero-order valence-electron chi connectivity index (χ0n) is 10.5. The lowest BCUT2D eigenvalue weighted by atomic mass is 9.92. The van der Waals surface area contributed by atoms with Gasteiger partial charge >= 0.3 is 0 Å². The number of nitrogens with two attached hydrogens (primary N) is 1. The molecule has 2 unspecified atom stereocenters. The van der Waals surface area contributed by atoms with Gasteiger partial charge in [-0.1, -0.05) is 6.92 Å². The van der Waals surface area contributed by atoms with Crippen LogP contribution in [0.5, 0.6) is 0 Å².